The van der Waals surface area contributed by atoms with Gasteiger partial charge in [0, 0.05) is 43.1 Å². The van der Waals surface area contributed by atoms with Crippen molar-refractivity contribution in [3.8, 4) is 5.88 Å². The number of imidazole rings is 1. The van der Waals surface area contributed by atoms with Crippen LogP contribution in [0.4, 0.5) is 0 Å². The topological polar surface area (TPSA) is 125 Å². The molecule has 2 fully saturated rings. The number of carbonyl (C=O) groups is 1. The maximum Gasteiger partial charge on any atom is 0.353 e. The highest BCUT2D eigenvalue weighted by Crippen LogP contribution is 2.50. The minimum atomic E-state index is -1.25. The lowest BCUT2D eigenvalue weighted by atomic mass is 9.83. The highest BCUT2D eigenvalue weighted by molar-refractivity contribution is 7.80. The molecule has 12 nitrogen and oxygen atoms in total. The van der Waals surface area contributed by atoms with Gasteiger partial charge in [-0.3, -0.25) is 9.13 Å². The number of aromatic nitrogens is 4. The summed E-state index contributed by atoms with van der Waals surface area (Å²) in [6.07, 6.45) is 3.09. The molecule has 0 radical (unpaired) electrons. The Kier molecular flexibility index (Phi) is 7.13. The zero-order chi connectivity index (χ0) is 27.9. The monoisotopic (exact) mass is 568 g/mol. The van der Waals surface area contributed by atoms with Gasteiger partial charge in [0.15, 0.2) is 18.6 Å². The third-order valence-electron chi connectivity index (χ3n) is 7.49. The summed E-state index contributed by atoms with van der Waals surface area (Å²) in [5.74, 6) is -0.304. The standard InChI is InChI=1S/C27H28N4O8S/c1-16-18-13-27(39-20-9-6-12-35-20)19(14-36-24(32)17-7-4-3-5-8-17)37-23(31(18)25(33)29-22(16)34-2)21(27)38-26(40)30-11-10-28-15-30/h3-5,7-8,10-11,15,19-21,23H,6,9,12-14H2,1-2H3/t19-,20+,21+,23-,27-/m1/s1. The van der Waals surface area contributed by atoms with Crippen molar-refractivity contribution in [3.63, 3.8) is 0 Å². The van der Waals surface area contributed by atoms with E-state index in [1.165, 1.54) is 22.6 Å². The number of hydrogen-bond donors (Lipinski definition) is 0. The summed E-state index contributed by atoms with van der Waals surface area (Å²) in [4.78, 5) is 34.3. The molecule has 0 amide bonds. The smallest absolute Gasteiger partial charge is 0.353 e. The Labute approximate surface area is 234 Å². The molecule has 3 aliphatic rings. The van der Waals surface area contributed by atoms with Crippen molar-refractivity contribution in [2.24, 2.45) is 0 Å². The first kappa shape index (κ1) is 26.6. The average molecular weight is 569 g/mol. The van der Waals surface area contributed by atoms with Gasteiger partial charge in [0.25, 0.3) is 5.17 Å². The molecule has 0 aliphatic carbocycles. The van der Waals surface area contributed by atoms with E-state index < -0.39 is 42.0 Å². The summed E-state index contributed by atoms with van der Waals surface area (Å²) in [5.41, 5.74) is -0.142. The SMILES string of the molecule is COc1nc(=O)n2c(c1C)C[C@@]1(O[C@H]3CCCO3)[C@@H](COC(=O)c3ccccc3)O[C@@H]2[C@@H]1OC(=S)n1ccnc1. The van der Waals surface area contributed by atoms with Crippen LogP contribution in [0.1, 0.15) is 40.7 Å². The van der Waals surface area contributed by atoms with Crippen LogP contribution >= 0.6 is 12.2 Å². The molecule has 1 aromatic carbocycles. The molecule has 0 saturated carbocycles. The molecule has 5 heterocycles. The Bertz CT molecular complexity index is 1460. The van der Waals surface area contributed by atoms with Crippen molar-refractivity contribution in [1.29, 1.82) is 0 Å². The fourth-order valence-corrected chi connectivity index (χ4v) is 5.74. The Balaban J connectivity index is 1.42. The van der Waals surface area contributed by atoms with Crippen molar-refractivity contribution in [1.82, 2.24) is 19.1 Å². The molecule has 5 atom stereocenters. The quantitative estimate of drug-likeness (QED) is 0.308. The molecule has 210 valence electrons. The van der Waals surface area contributed by atoms with E-state index in [0.717, 1.165) is 6.42 Å². The Morgan fingerprint density at radius 1 is 1.27 bits per heavy atom. The summed E-state index contributed by atoms with van der Waals surface area (Å²) in [6.45, 7) is 2.20. The normalized spacial score (nSPS) is 26.8. The third kappa shape index (κ3) is 4.58. The van der Waals surface area contributed by atoms with E-state index in [2.05, 4.69) is 9.97 Å². The molecular formula is C27H28N4O8S. The largest absolute Gasteiger partial charge is 0.481 e. The van der Waals surface area contributed by atoms with E-state index in [4.69, 9.17) is 40.6 Å². The number of esters is 1. The summed E-state index contributed by atoms with van der Waals surface area (Å²) in [5, 5.41) is 0.0908. The van der Waals surface area contributed by atoms with E-state index in [1.54, 1.807) is 36.7 Å². The minimum absolute atomic E-state index is 0.0908. The van der Waals surface area contributed by atoms with Crippen molar-refractivity contribution in [2.45, 2.75) is 56.5 Å². The van der Waals surface area contributed by atoms with Crippen molar-refractivity contribution in [3.05, 3.63) is 76.4 Å². The number of methoxy groups -OCH3 is 1. The fourth-order valence-electron chi connectivity index (χ4n) is 5.53. The molecule has 2 aromatic heterocycles. The van der Waals surface area contributed by atoms with Gasteiger partial charge in [-0.25, -0.2) is 14.6 Å². The Hall–Kier alpha value is -3.65. The number of ether oxygens (including phenoxy) is 6. The third-order valence-corrected chi connectivity index (χ3v) is 7.79. The first-order chi connectivity index (χ1) is 19.4. The van der Waals surface area contributed by atoms with E-state index in [9.17, 15) is 9.59 Å². The first-order valence-corrected chi connectivity index (χ1v) is 13.3. The molecule has 3 aromatic rings. The van der Waals surface area contributed by atoms with Crippen LogP contribution in [0.5, 0.6) is 5.88 Å². The highest BCUT2D eigenvalue weighted by Gasteiger charge is 2.65. The number of hydrogen-bond acceptors (Lipinski definition) is 11. The fraction of sp³-hybridized carbons (Fsp3) is 0.444. The van der Waals surface area contributed by atoms with Crippen LogP contribution in [0, 0.1) is 6.92 Å². The van der Waals surface area contributed by atoms with Crippen molar-refractivity contribution in [2.75, 3.05) is 20.3 Å². The van der Waals surface area contributed by atoms with E-state index in [-0.39, 0.29) is 24.1 Å². The van der Waals surface area contributed by atoms with Gasteiger partial charge in [0.2, 0.25) is 5.88 Å². The van der Waals surface area contributed by atoms with Gasteiger partial charge in [-0.1, -0.05) is 18.2 Å². The van der Waals surface area contributed by atoms with Gasteiger partial charge in [-0.05, 0) is 37.7 Å². The van der Waals surface area contributed by atoms with Gasteiger partial charge in [-0.2, -0.15) is 4.98 Å². The zero-order valence-electron chi connectivity index (χ0n) is 21.9. The van der Waals surface area contributed by atoms with Crippen LogP contribution in [0.3, 0.4) is 0 Å². The van der Waals surface area contributed by atoms with Crippen LogP contribution in [0.25, 0.3) is 0 Å². The average Bonchev–Trinajstić information content (AvgIpc) is 3.72. The van der Waals surface area contributed by atoms with Gasteiger partial charge < -0.3 is 28.4 Å². The van der Waals surface area contributed by atoms with Crippen LogP contribution in [0.2, 0.25) is 0 Å². The van der Waals surface area contributed by atoms with Crippen LogP contribution in [0.15, 0.2) is 53.8 Å². The van der Waals surface area contributed by atoms with Gasteiger partial charge in [0.05, 0.1) is 12.7 Å². The zero-order valence-corrected chi connectivity index (χ0v) is 22.7. The van der Waals surface area contributed by atoms with Crippen LogP contribution < -0.4 is 10.4 Å². The molecule has 6 rings (SSSR count). The van der Waals surface area contributed by atoms with Gasteiger partial charge in [-0.15, -0.1) is 0 Å². The number of nitrogens with zero attached hydrogens (tertiary/aromatic N) is 4. The molecule has 0 N–H and O–H groups in total. The van der Waals surface area contributed by atoms with E-state index in [0.29, 0.717) is 29.8 Å². The van der Waals surface area contributed by atoms with Gasteiger partial charge >= 0.3 is 11.7 Å². The molecule has 3 aliphatic heterocycles. The second kappa shape index (κ2) is 10.7. The summed E-state index contributed by atoms with van der Waals surface area (Å²) >= 11 is 5.58. The van der Waals surface area contributed by atoms with Crippen LogP contribution in [-0.2, 0) is 30.1 Å². The molecule has 40 heavy (non-hydrogen) atoms. The number of benzene rings is 1. The predicted octanol–water partition coefficient (Wildman–Crippen LogP) is 2.18. The molecular weight excluding hydrogens is 540 g/mol. The molecule has 2 bridgehead atoms. The second-order valence-electron chi connectivity index (χ2n) is 9.79. The molecule has 0 unspecified atom stereocenters. The summed E-state index contributed by atoms with van der Waals surface area (Å²) < 4.78 is 39.5. The predicted molar refractivity (Wildman–Crippen MR) is 142 cm³/mol. The summed E-state index contributed by atoms with van der Waals surface area (Å²) in [6, 6.07) is 8.66. The lowest BCUT2D eigenvalue weighted by Gasteiger charge is -2.43. The van der Waals surface area contributed by atoms with Crippen LogP contribution in [-0.4, -0.2) is 74.7 Å². The number of carbonyl (C=O) groups excluding carboxylic acids is 1. The maximum atomic E-state index is 13.3. The summed E-state index contributed by atoms with van der Waals surface area (Å²) in [7, 11) is 1.46. The van der Waals surface area contributed by atoms with E-state index >= 15 is 0 Å². The number of rotatable bonds is 7. The number of fused-ring (bicyclic) bond motifs is 4. The van der Waals surface area contributed by atoms with Crippen molar-refractivity contribution < 1.29 is 33.2 Å². The van der Waals surface area contributed by atoms with Gasteiger partial charge in [0.1, 0.15) is 24.6 Å². The Morgan fingerprint density at radius 2 is 2.10 bits per heavy atom. The lowest BCUT2D eigenvalue weighted by Crippen LogP contribution is -2.60. The maximum absolute atomic E-state index is 13.3. The van der Waals surface area contributed by atoms with Crippen molar-refractivity contribution >= 4 is 23.4 Å². The molecule has 0 spiro atoms. The second-order valence-corrected chi connectivity index (χ2v) is 10.1. The minimum Gasteiger partial charge on any atom is -0.481 e. The lowest BCUT2D eigenvalue weighted by molar-refractivity contribution is -0.230. The Morgan fingerprint density at radius 3 is 2.80 bits per heavy atom. The highest BCUT2D eigenvalue weighted by atomic mass is 32.1. The molecule has 2 saturated heterocycles. The van der Waals surface area contributed by atoms with E-state index in [1.807, 2.05) is 13.0 Å². The molecule has 13 heteroatoms. The first-order valence-electron chi connectivity index (χ1n) is 12.9. The number of thiocarbonyl (C=S) groups is 1.